The minimum Gasteiger partial charge on any atom is -0.496 e. The number of carbonyl (C=O) groups excluding carboxylic acids is 1. The quantitative estimate of drug-likeness (QED) is 0.592. The molecule has 1 fully saturated rings. The highest BCUT2D eigenvalue weighted by molar-refractivity contribution is 6.02. The number of ether oxygens (including phenoxy) is 3. The molecule has 1 aliphatic heterocycles. The molecule has 1 aliphatic carbocycles. The molecule has 0 radical (unpaired) electrons. The van der Waals surface area contributed by atoms with Crippen molar-refractivity contribution in [2.75, 3.05) is 25.0 Å². The summed E-state index contributed by atoms with van der Waals surface area (Å²) in [6.45, 7) is 2.25. The van der Waals surface area contributed by atoms with E-state index in [2.05, 4.69) is 5.32 Å². The summed E-state index contributed by atoms with van der Waals surface area (Å²) in [4.78, 5) is 13.3. The fourth-order valence-corrected chi connectivity index (χ4v) is 4.14. The van der Waals surface area contributed by atoms with Crippen molar-refractivity contribution in [2.24, 2.45) is 0 Å². The van der Waals surface area contributed by atoms with Crippen molar-refractivity contribution in [3.8, 4) is 28.4 Å². The summed E-state index contributed by atoms with van der Waals surface area (Å²) < 4.78 is 16.4. The highest BCUT2D eigenvalue weighted by Gasteiger charge is 2.51. The van der Waals surface area contributed by atoms with Gasteiger partial charge in [0.05, 0.1) is 12.5 Å². The molecule has 0 unspecified atom stereocenters. The number of methoxy groups -OCH3 is 1. The number of anilines is 2. The van der Waals surface area contributed by atoms with Gasteiger partial charge < -0.3 is 25.3 Å². The molecule has 5 rings (SSSR count). The molecule has 6 heteroatoms. The number of nitrogen functional groups attached to an aromatic ring is 1. The Hall–Kier alpha value is -3.67. The molecule has 0 spiro atoms. The molecule has 0 aromatic heterocycles. The van der Waals surface area contributed by atoms with Crippen LogP contribution in [0.3, 0.4) is 0 Å². The average Bonchev–Trinajstić information content (AvgIpc) is 3.46. The molecule has 1 amide bonds. The molecule has 3 N–H and O–H groups in total. The lowest BCUT2D eigenvalue weighted by molar-refractivity contribution is -0.118. The van der Waals surface area contributed by atoms with E-state index >= 15 is 0 Å². The second-order valence-electron chi connectivity index (χ2n) is 8.09. The van der Waals surface area contributed by atoms with Gasteiger partial charge in [-0.2, -0.15) is 0 Å². The van der Waals surface area contributed by atoms with Crippen LogP contribution in [0.15, 0.2) is 54.6 Å². The summed E-state index contributed by atoms with van der Waals surface area (Å²) in [5.41, 5.74) is 10.8. The average molecular weight is 416 g/mol. The van der Waals surface area contributed by atoms with Crippen molar-refractivity contribution in [1.29, 1.82) is 0 Å². The molecule has 3 aromatic rings. The summed E-state index contributed by atoms with van der Waals surface area (Å²) in [7, 11) is 1.64. The van der Waals surface area contributed by atoms with Crippen molar-refractivity contribution < 1.29 is 19.0 Å². The van der Waals surface area contributed by atoms with Crippen molar-refractivity contribution in [1.82, 2.24) is 0 Å². The summed E-state index contributed by atoms with van der Waals surface area (Å²) in [6.07, 6.45) is 1.61. The van der Waals surface area contributed by atoms with Gasteiger partial charge in [0.2, 0.25) is 12.7 Å². The first-order chi connectivity index (χ1) is 15.0. The van der Waals surface area contributed by atoms with E-state index in [1.165, 1.54) is 0 Å². The lowest BCUT2D eigenvalue weighted by atomic mass is 9.94. The largest absolute Gasteiger partial charge is 0.496 e. The van der Waals surface area contributed by atoms with Crippen LogP contribution < -0.4 is 25.3 Å². The lowest BCUT2D eigenvalue weighted by Crippen LogP contribution is -2.27. The van der Waals surface area contributed by atoms with Crippen LogP contribution in [0.1, 0.15) is 24.0 Å². The van der Waals surface area contributed by atoms with Crippen molar-refractivity contribution >= 4 is 17.3 Å². The number of hydrogen-bond acceptors (Lipinski definition) is 5. The number of fused-ring (bicyclic) bond motifs is 1. The van der Waals surface area contributed by atoms with E-state index in [1.807, 2.05) is 61.5 Å². The van der Waals surface area contributed by atoms with Gasteiger partial charge in [0.15, 0.2) is 11.5 Å². The Morgan fingerprint density at radius 3 is 2.58 bits per heavy atom. The Bertz CT molecular complexity index is 1180. The highest BCUT2D eigenvalue weighted by Crippen LogP contribution is 2.51. The maximum atomic E-state index is 13.3. The van der Waals surface area contributed by atoms with E-state index in [0.717, 1.165) is 52.3 Å². The molecular formula is C25H24N2O4. The maximum absolute atomic E-state index is 13.3. The summed E-state index contributed by atoms with van der Waals surface area (Å²) in [5.74, 6) is 2.14. The third-order valence-corrected chi connectivity index (χ3v) is 6.12. The zero-order chi connectivity index (χ0) is 21.6. The van der Waals surface area contributed by atoms with Crippen LogP contribution >= 0.6 is 0 Å². The molecule has 1 saturated carbocycles. The van der Waals surface area contributed by atoms with Crippen LogP contribution in [0.25, 0.3) is 11.1 Å². The first kappa shape index (κ1) is 19.3. The molecule has 2 aliphatic rings. The second kappa shape index (κ2) is 7.23. The monoisotopic (exact) mass is 416 g/mol. The number of aryl methyl sites for hydroxylation is 1. The molecule has 158 valence electrons. The summed E-state index contributed by atoms with van der Waals surface area (Å²) in [5, 5.41) is 3.12. The molecule has 0 saturated heterocycles. The van der Waals surface area contributed by atoms with Crippen LogP contribution in [0.4, 0.5) is 11.4 Å². The number of hydrogen-bond donors (Lipinski definition) is 2. The zero-order valence-corrected chi connectivity index (χ0v) is 17.5. The first-order valence-electron chi connectivity index (χ1n) is 10.3. The van der Waals surface area contributed by atoms with Crippen LogP contribution in [-0.2, 0) is 10.2 Å². The number of carbonyl (C=O) groups is 1. The predicted octanol–water partition coefficient (Wildman–Crippen LogP) is 4.65. The Labute approximate surface area is 180 Å². The lowest BCUT2D eigenvalue weighted by Gasteiger charge is -2.18. The van der Waals surface area contributed by atoms with Crippen molar-refractivity contribution in [3.05, 3.63) is 65.7 Å². The smallest absolute Gasteiger partial charge is 0.235 e. The summed E-state index contributed by atoms with van der Waals surface area (Å²) >= 11 is 0. The maximum Gasteiger partial charge on any atom is 0.235 e. The fourth-order valence-electron chi connectivity index (χ4n) is 4.14. The molecule has 3 aromatic carbocycles. The standard InChI is InChI=1S/C25H24N2O4/c1-15-3-6-18(13-19(15)20-12-17(26)5-8-21(20)29-2)27-24(28)25(9-10-25)16-4-7-22-23(11-16)31-14-30-22/h3-8,11-13H,9-10,14,26H2,1-2H3,(H,27,28). The normalized spacial score (nSPS) is 15.4. The van der Waals surface area contributed by atoms with Gasteiger partial charge in [0.1, 0.15) is 5.75 Å². The van der Waals surface area contributed by atoms with Crippen LogP contribution in [0.2, 0.25) is 0 Å². The van der Waals surface area contributed by atoms with E-state index < -0.39 is 5.41 Å². The van der Waals surface area contributed by atoms with E-state index in [-0.39, 0.29) is 12.7 Å². The van der Waals surface area contributed by atoms with Gasteiger partial charge in [-0.25, -0.2) is 0 Å². The molecule has 0 atom stereocenters. The third kappa shape index (κ3) is 3.34. The van der Waals surface area contributed by atoms with Gasteiger partial charge >= 0.3 is 0 Å². The number of nitrogens with one attached hydrogen (secondary N) is 1. The molecule has 1 heterocycles. The van der Waals surface area contributed by atoms with Gasteiger partial charge in [-0.15, -0.1) is 0 Å². The van der Waals surface area contributed by atoms with Gasteiger partial charge in [-0.05, 0) is 78.9 Å². The Kier molecular flexibility index (Phi) is 4.50. The highest BCUT2D eigenvalue weighted by atomic mass is 16.7. The summed E-state index contributed by atoms with van der Waals surface area (Å²) in [6, 6.07) is 17.2. The predicted molar refractivity (Wildman–Crippen MR) is 120 cm³/mol. The van der Waals surface area contributed by atoms with Crippen LogP contribution in [0.5, 0.6) is 17.2 Å². The van der Waals surface area contributed by atoms with Gasteiger partial charge in [0.25, 0.3) is 0 Å². The number of amides is 1. The third-order valence-electron chi connectivity index (χ3n) is 6.12. The number of nitrogens with two attached hydrogens (primary N) is 1. The molecule has 31 heavy (non-hydrogen) atoms. The Morgan fingerprint density at radius 2 is 1.81 bits per heavy atom. The van der Waals surface area contributed by atoms with Crippen molar-refractivity contribution in [3.63, 3.8) is 0 Å². The van der Waals surface area contributed by atoms with E-state index in [0.29, 0.717) is 11.4 Å². The van der Waals surface area contributed by atoms with Gasteiger partial charge in [0, 0.05) is 16.9 Å². The SMILES string of the molecule is COc1ccc(N)cc1-c1cc(NC(=O)C2(c3ccc4c(c3)OCO4)CC2)ccc1C. The van der Waals surface area contributed by atoms with Crippen LogP contribution in [0, 0.1) is 6.92 Å². The first-order valence-corrected chi connectivity index (χ1v) is 10.3. The second-order valence-corrected chi connectivity index (χ2v) is 8.09. The van der Waals surface area contributed by atoms with Gasteiger partial charge in [-0.1, -0.05) is 12.1 Å². The molecule has 0 bridgehead atoms. The molecular weight excluding hydrogens is 392 g/mol. The van der Waals surface area contributed by atoms with E-state index in [9.17, 15) is 4.79 Å². The number of rotatable bonds is 5. The fraction of sp³-hybridized carbons (Fsp3) is 0.240. The van der Waals surface area contributed by atoms with E-state index in [1.54, 1.807) is 7.11 Å². The minimum atomic E-state index is -0.527. The number of benzene rings is 3. The van der Waals surface area contributed by atoms with Crippen LogP contribution in [-0.4, -0.2) is 19.8 Å². The van der Waals surface area contributed by atoms with E-state index in [4.69, 9.17) is 19.9 Å². The topological polar surface area (TPSA) is 82.8 Å². The Morgan fingerprint density at radius 1 is 1.00 bits per heavy atom. The molecule has 6 nitrogen and oxygen atoms in total. The Balaban J connectivity index is 1.44. The zero-order valence-electron chi connectivity index (χ0n) is 17.5. The van der Waals surface area contributed by atoms with Crippen molar-refractivity contribution in [2.45, 2.75) is 25.2 Å². The van der Waals surface area contributed by atoms with Gasteiger partial charge in [-0.3, -0.25) is 4.79 Å². The minimum absolute atomic E-state index is 0.0132.